The molecule has 2 aromatic heterocycles. The van der Waals surface area contributed by atoms with E-state index in [1.54, 1.807) is 22.7 Å². The summed E-state index contributed by atoms with van der Waals surface area (Å²) in [6, 6.07) is 12.8. The molecule has 0 aliphatic heterocycles. The third-order valence-corrected chi connectivity index (χ3v) is 6.50. The first kappa shape index (κ1) is 23.4. The van der Waals surface area contributed by atoms with Gasteiger partial charge in [-0.3, -0.25) is 4.79 Å². The second kappa shape index (κ2) is 11.3. The van der Waals surface area contributed by atoms with Crippen LogP contribution in [0.15, 0.2) is 47.2 Å². The minimum absolute atomic E-state index is 0. The lowest BCUT2D eigenvalue weighted by molar-refractivity contribution is -0.136. The number of halogens is 1. The molecule has 0 aliphatic carbocycles. The molecule has 29 heavy (non-hydrogen) atoms. The number of carbonyl (C=O) groups is 1. The van der Waals surface area contributed by atoms with Crippen LogP contribution in [0.3, 0.4) is 0 Å². The van der Waals surface area contributed by atoms with E-state index in [-0.39, 0.29) is 18.8 Å². The van der Waals surface area contributed by atoms with Crippen molar-refractivity contribution in [2.24, 2.45) is 0 Å². The van der Waals surface area contributed by atoms with E-state index in [0.717, 1.165) is 35.8 Å². The van der Waals surface area contributed by atoms with Gasteiger partial charge < -0.3 is 10.0 Å². The molecule has 0 atom stereocenters. The van der Waals surface area contributed by atoms with Crippen molar-refractivity contribution in [2.75, 3.05) is 18.0 Å². The molecule has 0 spiro atoms. The first-order valence-electron chi connectivity index (χ1n) is 9.58. The van der Waals surface area contributed by atoms with Crippen LogP contribution in [0.1, 0.15) is 43.0 Å². The largest absolute Gasteiger partial charge is 0.481 e. The van der Waals surface area contributed by atoms with E-state index in [0.29, 0.717) is 12.5 Å². The lowest BCUT2D eigenvalue weighted by atomic mass is 10.0. The van der Waals surface area contributed by atoms with Gasteiger partial charge in [-0.2, -0.15) is 0 Å². The van der Waals surface area contributed by atoms with E-state index in [4.69, 9.17) is 10.1 Å². The Morgan fingerprint density at radius 1 is 1.14 bits per heavy atom. The standard InChI is InChI=1S/C22H26N2O2S2.ClH/c1-16(2)17-7-9-18(10-8-17)20-15-28-22(23-20)24(13-11-21(25)26)12-3-5-19-6-4-14-27-19;/h4,6-10,14-16H,3,5,11-13H2,1-2H3,(H,25,26);1H. The number of benzene rings is 1. The van der Waals surface area contributed by atoms with Crippen molar-refractivity contribution in [3.05, 3.63) is 57.6 Å². The summed E-state index contributed by atoms with van der Waals surface area (Å²) >= 11 is 3.35. The molecule has 3 aromatic rings. The Balaban J connectivity index is 0.00000300. The number of rotatable bonds is 10. The lowest BCUT2D eigenvalue weighted by Crippen LogP contribution is -2.27. The molecule has 0 fully saturated rings. The highest BCUT2D eigenvalue weighted by molar-refractivity contribution is 7.14. The Hall–Kier alpha value is -1.89. The van der Waals surface area contributed by atoms with Gasteiger partial charge >= 0.3 is 5.97 Å². The van der Waals surface area contributed by atoms with Gasteiger partial charge in [-0.25, -0.2) is 4.98 Å². The lowest BCUT2D eigenvalue weighted by Gasteiger charge is -2.20. The molecule has 0 radical (unpaired) electrons. The van der Waals surface area contributed by atoms with Gasteiger partial charge in [-0.15, -0.1) is 35.1 Å². The van der Waals surface area contributed by atoms with E-state index in [1.165, 1.54) is 10.4 Å². The summed E-state index contributed by atoms with van der Waals surface area (Å²) in [6.07, 6.45) is 2.12. The topological polar surface area (TPSA) is 53.4 Å². The van der Waals surface area contributed by atoms with Crippen LogP contribution in [-0.4, -0.2) is 29.1 Å². The number of anilines is 1. The zero-order valence-electron chi connectivity index (χ0n) is 16.7. The van der Waals surface area contributed by atoms with Crippen molar-refractivity contribution in [2.45, 2.75) is 39.0 Å². The fourth-order valence-electron chi connectivity index (χ4n) is 3.01. The zero-order valence-corrected chi connectivity index (χ0v) is 19.2. The van der Waals surface area contributed by atoms with Crippen molar-refractivity contribution in [1.82, 2.24) is 4.98 Å². The van der Waals surface area contributed by atoms with Crippen molar-refractivity contribution in [3.63, 3.8) is 0 Å². The van der Waals surface area contributed by atoms with Crippen molar-refractivity contribution in [3.8, 4) is 11.3 Å². The highest BCUT2D eigenvalue weighted by Crippen LogP contribution is 2.29. The first-order chi connectivity index (χ1) is 13.5. The van der Waals surface area contributed by atoms with Crippen LogP contribution in [0.2, 0.25) is 0 Å². The van der Waals surface area contributed by atoms with Gasteiger partial charge in [0.05, 0.1) is 12.1 Å². The minimum atomic E-state index is -0.774. The Labute approximate surface area is 186 Å². The number of nitrogens with zero attached hydrogens (tertiary/aromatic N) is 2. The average molecular weight is 451 g/mol. The van der Waals surface area contributed by atoms with Gasteiger partial charge in [0.2, 0.25) is 0 Å². The fraction of sp³-hybridized carbons (Fsp3) is 0.364. The molecular weight excluding hydrogens is 424 g/mol. The Bertz CT molecular complexity index is 877. The molecule has 4 nitrogen and oxygen atoms in total. The minimum Gasteiger partial charge on any atom is -0.481 e. The molecule has 3 rings (SSSR count). The summed E-state index contributed by atoms with van der Waals surface area (Å²) in [6.45, 7) is 5.67. The van der Waals surface area contributed by atoms with Crippen LogP contribution in [0, 0.1) is 0 Å². The molecular formula is C22H27ClN2O2S2. The summed E-state index contributed by atoms with van der Waals surface area (Å²) in [4.78, 5) is 19.3. The highest BCUT2D eigenvalue weighted by Gasteiger charge is 2.14. The third-order valence-electron chi connectivity index (χ3n) is 4.66. The first-order valence-corrected chi connectivity index (χ1v) is 11.3. The van der Waals surface area contributed by atoms with Crippen LogP contribution < -0.4 is 4.90 Å². The van der Waals surface area contributed by atoms with Gasteiger partial charge in [-0.05, 0) is 35.8 Å². The quantitative estimate of drug-likeness (QED) is 0.392. The molecule has 0 saturated heterocycles. The van der Waals surface area contributed by atoms with Gasteiger partial charge in [0, 0.05) is 28.9 Å². The van der Waals surface area contributed by atoms with Crippen LogP contribution >= 0.6 is 35.1 Å². The van der Waals surface area contributed by atoms with Crippen molar-refractivity contribution >= 4 is 46.2 Å². The number of thiazole rings is 1. The molecule has 0 aliphatic rings. The molecule has 1 N–H and O–H groups in total. The van der Waals surface area contributed by atoms with E-state index in [9.17, 15) is 4.79 Å². The second-order valence-corrected chi connectivity index (χ2v) is 8.97. The number of aromatic nitrogens is 1. The second-order valence-electron chi connectivity index (χ2n) is 7.11. The normalized spacial score (nSPS) is 10.7. The van der Waals surface area contributed by atoms with Crippen molar-refractivity contribution < 1.29 is 9.90 Å². The predicted octanol–water partition coefficient (Wildman–Crippen LogP) is 6.33. The zero-order chi connectivity index (χ0) is 19.9. The maximum Gasteiger partial charge on any atom is 0.305 e. The maximum atomic E-state index is 11.1. The monoisotopic (exact) mass is 450 g/mol. The molecule has 0 saturated carbocycles. The van der Waals surface area contributed by atoms with E-state index in [2.05, 4.69) is 65.9 Å². The summed E-state index contributed by atoms with van der Waals surface area (Å²) in [7, 11) is 0. The van der Waals surface area contributed by atoms with E-state index >= 15 is 0 Å². The van der Waals surface area contributed by atoms with Crippen LogP contribution in [-0.2, 0) is 11.2 Å². The van der Waals surface area contributed by atoms with Gasteiger partial charge in [0.1, 0.15) is 0 Å². The number of aryl methyl sites for hydroxylation is 1. The van der Waals surface area contributed by atoms with E-state index < -0.39 is 5.97 Å². The summed E-state index contributed by atoms with van der Waals surface area (Å²) in [5.41, 5.74) is 3.37. The fourth-order valence-corrected chi connectivity index (χ4v) is 4.65. The van der Waals surface area contributed by atoms with Gasteiger partial charge in [-0.1, -0.05) is 44.2 Å². The summed E-state index contributed by atoms with van der Waals surface area (Å²) < 4.78 is 0. The third kappa shape index (κ3) is 6.84. The number of thiophene rings is 1. The molecule has 0 amide bonds. The molecule has 2 heterocycles. The number of carboxylic acids is 1. The number of hydrogen-bond donors (Lipinski definition) is 1. The Morgan fingerprint density at radius 2 is 1.90 bits per heavy atom. The SMILES string of the molecule is CC(C)c1ccc(-c2csc(N(CCCc3cccs3)CCC(=O)O)n2)cc1.Cl. The Kier molecular flexibility index (Phi) is 9.14. The van der Waals surface area contributed by atoms with Gasteiger partial charge in [0.25, 0.3) is 0 Å². The Morgan fingerprint density at radius 3 is 2.52 bits per heavy atom. The predicted molar refractivity (Wildman–Crippen MR) is 126 cm³/mol. The van der Waals surface area contributed by atoms with Gasteiger partial charge in [0.15, 0.2) is 5.13 Å². The summed E-state index contributed by atoms with van der Waals surface area (Å²) in [5.74, 6) is -0.265. The highest BCUT2D eigenvalue weighted by atomic mass is 35.5. The average Bonchev–Trinajstić information content (AvgIpc) is 3.36. The van der Waals surface area contributed by atoms with Crippen LogP contribution in [0.5, 0.6) is 0 Å². The molecule has 156 valence electrons. The van der Waals surface area contributed by atoms with E-state index in [1.807, 2.05) is 0 Å². The number of aliphatic carboxylic acids is 1. The molecule has 1 aromatic carbocycles. The van der Waals surface area contributed by atoms with Crippen LogP contribution in [0.4, 0.5) is 5.13 Å². The van der Waals surface area contributed by atoms with Crippen LogP contribution in [0.25, 0.3) is 11.3 Å². The smallest absolute Gasteiger partial charge is 0.305 e. The summed E-state index contributed by atoms with van der Waals surface area (Å²) in [5, 5.41) is 14.2. The number of carboxylic acid groups (broad SMARTS) is 1. The molecule has 7 heteroatoms. The maximum absolute atomic E-state index is 11.1. The number of hydrogen-bond acceptors (Lipinski definition) is 5. The molecule has 0 unspecified atom stereocenters. The van der Waals surface area contributed by atoms with Crippen molar-refractivity contribution in [1.29, 1.82) is 0 Å². The molecule has 0 bridgehead atoms.